The number of hydrogen-bond donors (Lipinski definition) is 4. The molecular formula is C32H43IN2O9. The highest BCUT2D eigenvalue weighted by molar-refractivity contribution is 14.1. The Kier molecular flexibility index (Phi) is 14.0. The van der Waals surface area contributed by atoms with Gasteiger partial charge in [-0.1, -0.05) is 13.3 Å². The van der Waals surface area contributed by atoms with Crippen LogP contribution in [0.3, 0.4) is 0 Å². The predicted octanol–water partition coefficient (Wildman–Crippen LogP) is 2.99. The van der Waals surface area contributed by atoms with Gasteiger partial charge in [0.25, 0.3) is 0 Å². The van der Waals surface area contributed by atoms with Crippen molar-refractivity contribution < 1.29 is 43.9 Å². The van der Waals surface area contributed by atoms with Gasteiger partial charge in [-0.05, 0) is 83.0 Å². The first kappa shape index (κ1) is 35.4. The number of aliphatic hydroxyl groups is 3. The Labute approximate surface area is 272 Å². The van der Waals surface area contributed by atoms with Gasteiger partial charge in [-0.3, -0.25) is 9.59 Å². The van der Waals surface area contributed by atoms with Crippen molar-refractivity contribution in [3.05, 3.63) is 56.7 Å². The first-order chi connectivity index (χ1) is 21.2. The molecule has 0 spiro atoms. The van der Waals surface area contributed by atoms with E-state index >= 15 is 0 Å². The van der Waals surface area contributed by atoms with Crippen LogP contribution >= 0.6 is 22.6 Å². The molecule has 0 fully saturated rings. The Hall–Kier alpha value is -3.07. The van der Waals surface area contributed by atoms with Crippen molar-refractivity contribution in [2.45, 2.75) is 63.9 Å². The van der Waals surface area contributed by atoms with Crippen molar-refractivity contribution in [1.29, 1.82) is 0 Å². The zero-order chi connectivity index (χ0) is 32.2. The van der Waals surface area contributed by atoms with Crippen molar-refractivity contribution in [2.75, 3.05) is 41.0 Å². The quantitative estimate of drug-likeness (QED) is 0.192. The number of aliphatic hydroxyl groups excluding tert-OH is 3. The number of methoxy groups -OCH3 is 3. The van der Waals surface area contributed by atoms with Crippen LogP contribution < -0.4 is 24.3 Å². The highest BCUT2D eigenvalue weighted by Crippen LogP contribution is 2.37. The van der Waals surface area contributed by atoms with Crippen LogP contribution in [-0.4, -0.2) is 91.3 Å². The number of unbranched alkanes of at least 4 members (excludes halogenated alkanes) is 1. The van der Waals surface area contributed by atoms with Gasteiger partial charge < -0.3 is 44.5 Å². The third-order valence-corrected chi connectivity index (χ3v) is 8.32. The van der Waals surface area contributed by atoms with Gasteiger partial charge in [0.2, 0.25) is 11.8 Å². The van der Waals surface area contributed by atoms with E-state index in [1.54, 1.807) is 49.5 Å². The topological polar surface area (TPSA) is 147 Å². The number of benzene rings is 2. The number of carbonyl (C=O) groups is 2. The molecule has 0 bridgehead atoms. The molecule has 0 aromatic heterocycles. The normalized spacial score (nSPS) is 17.8. The average molecular weight is 727 g/mol. The minimum atomic E-state index is -1.19. The van der Waals surface area contributed by atoms with Crippen LogP contribution in [0.2, 0.25) is 0 Å². The SMILES string of the molecule is CCCCC(=O)N(CCc1cc(OC)ccc1OC)[C@@H]1CC(C(=O)NCCO)=C[C@H](Oc2c(I)cc(CO)cc2OC)[C@H]1O. The molecule has 3 rings (SSSR count). The Morgan fingerprint density at radius 1 is 1.07 bits per heavy atom. The molecule has 242 valence electrons. The number of ether oxygens (including phenoxy) is 4. The molecule has 0 unspecified atom stereocenters. The van der Waals surface area contributed by atoms with E-state index in [4.69, 9.17) is 18.9 Å². The largest absolute Gasteiger partial charge is 0.497 e. The smallest absolute Gasteiger partial charge is 0.247 e. The second-order valence-electron chi connectivity index (χ2n) is 10.4. The molecule has 4 N–H and O–H groups in total. The zero-order valence-electron chi connectivity index (χ0n) is 25.7. The van der Waals surface area contributed by atoms with Crippen molar-refractivity contribution in [3.8, 4) is 23.0 Å². The second kappa shape index (κ2) is 17.4. The molecule has 11 nitrogen and oxygen atoms in total. The van der Waals surface area contributed by atoms with Gasteiger partial charge in [-0.25, -0.2) is 0 Å². The van der Waals surface area contributed by atoms with Gasteiger partial charge in [0.15, 0.2) is 11.5 Å². The van der Waals surface area contributed by atoms with Crippen molar-refractivity contribution >= 4 is 34.4 Å². The lowest BCUT2D eigenvalue weighted by atomic mass is 9.87. The van der Waals surface area contributed by atoms with E-state index in [1.165, 1.54) is 7.11 Å². The molecule has 44 heavy (non-hydrogen) atoms. The lowest BCUT2D eigenvalue weighted by Crippen LogP contribution is -2.55. The Morgan fingerprint density at radius 2 is 1.82 bits per heavy atom. The fourth-order valence-corrected chi connectivity index (χ4v) is 5.95. The van der Waals surface area contributed by atoms with Gasteiger partial charge in [-0.15, -0.1) is 0 Å². The Balaban J connectivity index is 2.02. The maximum atomic E-state index is 13.7. The number of nitrogens with zero attached hydrogens (tertiary/aromatic N) is 1. The third kappa shape index (κ3) is 8.99. The Morgan fingerprint density at radius 3 is 2.45 bits per heavy atom. The summed E-state index contributed by atoms with van der Waals surface area (Å²) in [5, 5.41) is 33.4. The minimum Gasteiger partial charge on any atom is -0.497 e. The monoisotopic (exact) mass is 726 g/mol. The summed E-state index contributed by atoms with van der Waals surface area (Å²) in [6.45, 7) is 1.88. The fraction of sp³-hybridized carbons (Fsp3) is 0.500. The summed E-state index contributed by atoms with van der Waals surface area (Å²) >= 11 is 2.06. The van der Waals surface area contributed by atoms with Crippen LogP contribution in [0.4, 0.5) is 0 Å². The number of amides is 2. The third-order valence-electron chi connectivity index (χ3n) is 7.51. The van der Waals surface area contributed by atoms with Crippen molar-refractivity contribution in [2.24, 2.45) is 0 Å². The van der Waals surface area contributed by atoms with E-state index in [1.807, 2.05) is 13.0 Å². The average Bonchev–Trinajstić information content (AvgIpc) is 3.04. The number of halogens is 1. The molecule has 2 aromatic carbocycles. The summed E-state index contributed by atoms with van der Waals surface area (Å²) in [6, 6.07) is 8.05. The molecule has 0 saturated carbocycles. The minimum absolute atomic E-state index is 0.0536. The van der Waals surface area contributed by atoms with E-state index in [0.717, 1.165) is 12.0 Å². The molecule has 1 aliphatic carbocycles. The van der Waals surface area contributed by atoms with Crippen molar-refractivity contribution in [1.82, 2.24) is 10.2 Å². The maximum absolute atomic E-state index is 13.7. The molecule has 2 amide bonds. The summed E-state index contributed by atoms with van der Waals surface area (Å²) in [7, 11) is 4.63. The molecule has 0 heterocycles. The lowest BCUT2D eigenvalue weighted by Gasteiger charge is -2.41. The summed E-state index contributed by atoms with van der Waals surface area (Å²) in [4.78, 5) is 28.5. The van der Waals surface area contributed by atoms with E-state index in [0.29, 0.717) is 50.5 Å². The van der Waals surface area contributed by atoms with Gasteiger partial charge in [-0.2, -0.15) is 0 Å². The number of hydrogen-bond acceptors (Lipinski definition) is 9. The number of nitrogens with one attached hydrogen (secondary N) is 1. The van der Waals surface area contributed by atoms with Crippen LogP contribution in [0.1, 0.15) is 43.7 Å². The molecule has 0 aliphatic heterocycles. The molecule has 2 aromatic rings. The first-order valence-electron chi connectivity index (χ1n) is 14.6. The summed E-state index contributed by atoms with van der Waals surface area (Å²) < 4.78 is 23.4. The molecule has 3 atom stereocenters. The highest BCUT2D eigenvalue weighted by atomic mass is 127. The van der Waals surface area contributed by atoms with Crippen molar-refractivity contribution in [3.63, 3.8) is 0 Å². The van der Waals surface area contributed by atoms with Gasteiger partial charge in [0.05, 0.1) is 44.2 Å². The van der Waals surface area contributed by atoms with Crippen LogP contribution in [-0.2, 0) is 22.6 Å². The summed E-state index contributed by atoms with van der Waals surface area (Å²) in [5.41, 5.74) is 1.78. The zero-order valence-corrected chi connectivity index (χ0v) is 27.8. The van der Waals surface area contributed by atoms with Crippen LogP contribution in [0, 0.1) is 3.57 Å². The van der Waals surface area contributed by atoms with Gasteiger partial charge in [0.1, 0.15) is 23.7 Å². The summed E-state index contributed by atoms with van der Waals surface area (Å²) in [5.74, 6) is 1.43. The van der Waals surface area contributed by atoms with E-state index in [9.17, 15) is 24.9 Å². The fourth-order valence-electron chi connectivity index (χ4n) is 5.16. The number of carbonyl (C=O) groups excluding carboxylic acids is 2. The predicted molar refractivity (Wildman–Crippen MR) is 173 cm³/mol. The lowest BCUT2D eigenvalue weighted by molar-refractivity contribution is -0.138. The summed E-state index contributed by atoms with van der Waals surface area (Å²) in [6.07, 6.45) is 1.62. The molecule has 0 saturated heterocycles. The van der Waals surface area contributed by atoms with Gasteiger partial charge >= 0.3 is 0 Å². The van der Waals surface area contributed by atoms with Crippen LogP contribution in [0.5, 0.6) is 23.0 Å². The van der Waals surface area contributed by atoms with E-state index < -0.39 is 24.2 Å². The van der Waals surface area contributed by atoms with Crippen LogP contribution in [0.15, 0.2) is 42.0 Å². The standard InChI is InChI=1S/C32H43IN2O9/c1-5-6-7-29(38)35(12-10-21-16-23(41-2)8-9-26(21)42-3)25-17-22(32(40)34-11-13-36)18-27(30(25)39)44-31-24(33)14-20(19-37)15-28(31)43-4/h8-9,14-16,18,25,27,30,36-37,39H,5-7,10-13,17,19H2,1-4H3,(H,34,40)/t25-,27+,30+/m1/s1. The maximum Gasteiger partial charge on any atom is 0.247 e. The van der Waals surface area contributed by atoms with Gasteiger partial charge in [0, 0.05) is 31.5 Å². The highest BCUT2D eigenvalue weighted by Gasteiger charge is 2.40. The molecule has 0 radical (unpaired) electrons. The number of rotatable bonds is 16. The van der Waals surface area contributed by atoms with E-state index in [-0.39, 0.29) is 45.1 Å². The molecule has 1 aliphatic rings. The first-order valence-corrected chi connectivity index (χ1v) is 15.7. The molecule has 12 heteroatoms. The molecular weight excluding hydrogens is 683 g/mol. The Bertz CT molecular complexity index is 1300. The second-order valence-corrected chi connectivity index (χ2v) is 11.6. The van der Waals surface area contributed by atoms with E-state index in [2.05, 4.69) is 27.9 Å². The van der Waals surface area contributed by atoms with Crippen LogP contribution in [0.25, 0.3) is 0 Å².